The molecule has 0 saturated carbocycles. The molecule has 0 saturated heterocycles. The maximum Gasteiger partial charge on any atom is 0.410 e. The number of rotatable bonds is 27. The molecule has 1 amide bonds. The van der Waals surface area contributed by atoms with Crippen LogP contribution in [0.5, 0.6) is 0 Å². The van der Waals surface area contributed by atoms with Gasteiger partial charge in [0.25, 0.3) is 0 Å². The number of amides is 1. The fraction of sp³-hybridized carbons (Fsp3) is 0.962. The summed E-state index contributed by atoms with van der Waals surface area (Å²) in [7, 11) is 1.68. The summed E-state index contributed by atoms with van der Waals surface area (Å²) in [6.45, 7) is 16.7. The molecule has 0 aromatic rings. The Kier molecular flexibility index (Phi) is 25.8. The number of carbonyl (C=O) groups excluding carboxylic acids is 1. The normalized spacial score (nSPS) is 11.7. The molecule has 11 nitrogen and oxygen atoms in total. The summed E-state index contributed by atoms with van der Waals surface area (Å²) in [6, 6.07) is 0. The van der Waals surface area contributed by atoms with E-state index in [-0.39, 0.29) is 6.09 Å². The van der Waals surface area contributed by atoms with Gasteiger partial charge in [-0.25, -0.2) is 4.79 Å². The fourth-order valence-corrected chi connectivity index (χ4v) is 2.52. The first-order valence-corrected chi connectivity index (χ1v) is 13.4. The molecule has 0 bridgehead atoms. The van der Waals surface area contributed by atoms with Crippen LogP contribution in [0.25, 0.3) is 0 Å². The summed E-state index contributed by atoms with van der Waals surface area (Å²) in [6.07, 6.45) is 1.88. The topological polar surface area (TPSA) is 103 Å². The maximum absolute atomic E-state index is 11.8. The van der Waals surface area contributed by atoms with E-state index in [1.807, 2.05) is 20.8 Å². The smallest absolute Gasteiger partial charge is 0.410 e. The summed E-state index contributed by atoms with van der Waals surface area (Å²) in [5, 5.41) is 0. The standard InChI is InChI=1S/C26H53NO10/c1-6-7-9-29-11-13-31-15-17-33-19-21-35-23-24-36-22-20-34-18-16-32-14-12-30-10-8-27(5)25(28)37-26(2,3)4/h6-24H2,1-5H3. The van der Waals surface area contributed by atoms with Crippen LogP contribution in [0.3, 0.4) is 0 Å². The Bertz CT molecular complexity index is 490. The lowest BCUT2D eigenvalue weighted by Gasteiger charge is -2.24. The summed E-state index contributed by atoms with van der Waals surface area (Å²) in [5.41, 5.74) is -0.502. The van der Waals surface area contributed by atoms with Crippen molar-refractivity contribution in [1.82, 2.24) is 4.90 Å². The molecule has 37 heavy (non-hydrogen) atoms. The van der Waals surface area contributed by atoms with Gasteiger partial charge in [0.05, 0.1) is 99.1 Å². The zero-order chi connectivity index (χ0) is 27.5. The van der Waals surface area contributed by atoms with Crippen molar-refractivity contribution in [2.45, 2.75) is 46.1 Å². The first-order valence-electron chi connectivity index (χ1n) is 13.4. The fourth-order valence-electron chi connectivity index (χ4n) is 2.52. The van der Waals surface area contributed by atoms with E-state index in [0.717, 1.165) is 19.4 Å². The second-order valence-corrected chi connectivity index (χ2v) is 9.15. The molecular weight excluding hydrogens is 486 g/mol. The Morgan fingerprint density at radius 3 is 1.14 bits per heavy atom. The van der Waals surface area contributed by atoms with Crippen LogP contribution < -0.4 is 0 Å². The Labute approximate surface area is 224 Å². The van der Waals surface area contributed by atoms with E-state index >= 15 is 0 Å². The number of hydrogen-bond donors (Lipinski definition) is 0. The van der Waals surface area contributed by atoms with Gasteiger partial charge in [-0.05, 0) is 27.2 Å². The van der Waals surface area contributed by atoms with Crippen LogP contribution in [0.4, 0.5) is 4.79 Å². The molecule has 0 aromatic carbocycles. The Balaban J connectivity index is 3.17. The highest BCUT2D eigenvalue weighted by Crippen LogP contribution is 2.08. The van der Waals surface area contributed by atoms with Gasteiger partial charge in [-0.3, -0.25) is 0 Å². The quantitative estimate of drug-likeness (QED) is 0.145. The lowest BCUT2D eigenvalue weighted by atomic mass is 10.2. The number of likely N-dealkylation sites (N-methyl/N-ethyl adjacent to an activating group) is 1. The summed E-state index contributed by atoms with van der Waals surface area (Å²) in [4.78, 5) is 13.3. The van der Waals surface area contributed by atoms with Gasteiger partial charge in [0.2, 0.25) is 0 Å². The van der Waals surface area contributed by atoms with E-state index in [4.69, 9.17) is 42.6 Å². The minimum Gasteiger partial charge on any atom is -0.444 e. The number of ether oxygens (including phenoxy) is 9. The van der Waals surface area contributed by atoms with Crippen LogP contribution in [0.2, 0.25) is 0 Å². The Hall–Kier alpha value is -1.05. The largest absolute Gasteiger partial charge is 0.444 e. The van der Waals surface area contributed by atoms with Crippen molar-refractivity contribution in [3.8, 4) is 0 Å². The summed E-state index contributed by atoms with van der Waals surface area (Å²) < 4.78 is 48.8. The van der Waals surface area contributed by atoms with Crippen LogP contribution >= 0.6 is 0 Å². The minimum absolute atomic E-state index is 0.358. The van der Waals surface area contributed by atoms with Gasteiger partial charge in [-0.1, -0.05) is 13.3 Å². The monoisotopic (exact) mass is 539 g/mol. The van der Waals surface area contributed by atoms with E-state index in [1.54, 1.807) is 7.05 Å². The van der Waals surface area contributed by atoms with Crippen LogP contribution in [-0.4, -0.2) is 136 Å². The average molecular weight is 540 g/mol. The molecule has 0 aliphatic heterocycles. The van der Waals surface area contributed by atoms with Gasteiger partial charge in [-0.15, -0.1) is 0 Å². The van der Waals surface area contributed by atoms with Gasteiger partial charge in [0, 0.05) is 20.2 Å². The molecule has 0 aliphatic rings. The van der Waals surface area contributed by atoms with E-state index in [9.17, 15) is 4.79 Å². The molecule has 0 unspecified atom stereocenters. The third kappa shape index (κ3) is 29.4. The molecule has 0 atom stereocenters. The van der Waals surface area contributed by atoms with Gasteiger partial charge >= 0.3 is 6.09 Å². The maximum atomic E-state index is 11.8. The average Bonchev–Trinajstić information content (AvgIpc) is 2.85. The summed E-state index contributed by atoms with van der Waals surface area (Å²) in [5.74, 6) is 0. The van der Waals surface area contributed by atoms with Crippen LogP contribution in [-0.2, 0) is 42.6 Å². The van der Waals surface area contributed by atoms with Gasteiger partial charge in [-0.2, -0.15) is 0 Å². The molecule has 0 rings (SSSR count). The van der Waals surface area contributed by atoms with Crippen molar-refractivity contribution in [3.05, 3.63) is 0 Å². The molecule has 0 N–H and O–H groups in total. The lowest BCUT2D eigenvalue weighted by molar-refractivity contribution is -0.0236. The number of unbranched alkanes of at least 4 members (excludes halogenated alkanes) is 1. The zero-order valence-corrected chi connectivity index (χ0v) is 24.0. The third-order valence-electron chi connectivity index (χ3n) is 4.52. The van der Waals surface area contributed by atoms with E-state index in [0.29, 0.717) is 106 Å². The van der Waals surface area contributed by atoms with Crippen molar-refractivity contribution in [2.24, 2.45) is 0 Å². The molecule has 0 heterocycles. The lowest BCUT2D eigenvalue weighted by Crippen LogP contribution is -2.36. The van der Waals surface area contributed by atoms with Crippen molar-refractivity contribution in [3.63, 3.8) is 0 Å². The van der Waals surface area contributed by atoms with Crippen molar-refractivity contribution in [2.75, 3.05) is 119 Å². The predicted molar refractivity (Wildman–Crippen MR) is 140 cm³/mol. The van der Waals surface area contributed by atoms with E-state index < -0.39 is 5.60 Å². The van der Waals surface area contributed by atoms with Crippen LogP contribution in [0.1, 0.15) is 40.5 Å². The van der Waals surface area contributed by atoms with Crippen LogP contribution in [0, 0.1) is 0 Å². The van der Waals surface area contributed by atoms with Gasteiger partial charge in [0.1, 0.15) is 5.60 Å². The van der Waals surface area contributed by atoms with Gasteiger partial charge in [0.15, 0.2) is 0 Å². The Morgan fingerprint density at radius 2 is 0.838 bits per heavy atom. The molecule has 222 valence electrons. The molecule has 0 radical (unpaired) electrons. The highest BCUT2D eigenvalue weighted by molar-refractivity contribution is 5.67. The molecule has 0 aromatic heterocycles. The highest BCUT2D eigenvalue weighted by Gasteiger charge is 2.19. The van der Waals surface area contributed by atoms with E-state index in [1.165, 1.54) is 4.90 Å². The molecule has 0 fully saturated rings. The first-order chi connectivity index (χ1) is 17.9. The Morgan fingerprint density at radius 1 is 0.541 bits per heavy atom. The molecule has 11 heteroatoms. The third-order valence-corrected chi connectivity index (χ3v) is 4.52. The van der Waals surface area contributed by atoms with E-state index in [2.05, 4.69) is 6.92 Å². The van der Waals surface area contributed by atoms with Gasteiger partial charge < -0.3 is 47.5 Å². The van der Waals surface area contributed by atoms with Crippen LogP contribution in [0.15, 0.2) is 0 Å². The minimum atomic E-state index is -0.502. The van der Waals surface area contributed by atoms with Crippen molar-refractivity contribution in [1.29, 1.82) is 0 Å². The molecular formula is C26H53NO10. The number of nitrogens with zero attached hydrogens (tertiary/aromatic N) is 1. The van der Waals surface area contributed by atoms with Crippen molar-refractivity contribution < 1.29 is 47.4 Å². The number of hydrogen-bond acceptors (Lipinski definition) is 10. The first kappa shape index (κ1) is 35.9. The SMILES string of the molecule is CCCCOCCOCCOCCOCCOCCOCCOCCOCCN(C)C(=O)OC(C)(C)C. The second-order valence-electron chi connectivity index (χ2n) is 9.15. The molecule has 0 aliphatic carbocycles. The molecule has 0 spiro atoms. The number of carbonyl (C=O) groups is 1. The van der Waals surface area contributed by atoms with Crippen molar-refractivity contribution >= 4 is 6.09 Å². The second kappa shape index (κ2) is 26.6. The zero-order valence-electron chi connectivity index (χ0n) is 24.0. The highest BCUT2D eigenvalue weighted by atomic mass is 16.6. The predicted octanol–water partition coefficient (Wildman–Crippen LogP) is 2.79. The summed E-state index contributed by atoms with van der Waals surface area (Å²) >= 11 is 0.